The zero-order valence-corrected chi connectivity index (χ0v) is 21.5. The van der Waals surface area contributed by atoms with Crippen LogP contribution in [0, 0.1) is 0 Å². The van der Waals surface area contributed by atoms with E-state index in [0.717, 1.165) is 5.69 Å². The largest absolute Gasteiger partial charge is 0.308 e. The minimum atomic E-state index is 1.16. The molecule has 0 saturated carbocycles. The van der Waals surface area contributed by atoms with Crippen LogP contribution in [0.3, 0.4) is 0 Å². The van der Waals surface area contributed by atoms with Crippen LogP contribution in [-0.2, 0) is 0 Å². The van der Waals surface area contributed by atoms with Crippen LogP contribution in [0.15, 0.2) is 127 Å². The lowest BCUT2D eigenvalue weighted by molar-refractivity contribution is 1.32. The summed E-state index contributed by atoms with van der Waals surface area (Å²) in [6.45, 7) is 0. The van der Waals surface area contributed by atoms with Gasteiger partial charge in [-0.25, -0.2) is 0 Å². The van der Waals surface area contributed by atoms with Crippen molar-refractivity contribution in [2.45, 2.75) is 0 Å². The Morgan fingerprint density at radius 3 is 1.84 bits per heavy atom. The fourth-order valence-electron chi connectivity index (χ4n) is 5.65. The van der Waals surface area contributed by atoms with Crippen LogP contribution >= 0.6 is 22.7 Å². The van der Waals surface area contributed by atoms with Crippen molar-refractivity contribution in [1.82, 2.24) is 0 Å². The van der Waals surface area contributed by atoms with E-state index in [1.165, 1.54) is 62.5 Å². The monoisotopic (exact) mass is 507 g/mol. The minimum Gasteiger partial charge on any atom is -0.308 e. The predicted octanol–water partition coefficient (Wildman–Crippen LogP) is 11.0. The van der Waals surface area contributed by atoms with Gasteiger partial charge in [0.1, 0.15) is 0 Å². The van der Waals surface area contributed by atoms with Gasteiger partial charge >= 0.3 is 0 Å². The van der Waals surface area contributed by atoms with E-state index in [2.05, 4.69) is 132 Å². The summed E-state index contributed by atoms with van der Waals surface area (Å²) < 4.78 is 5.29. The van der Waals surface area contributed by atoms with Gasteiger partial charge in [0.25, 0.3) is 0 Å². The van der Waals surface area contributed by atoms with Crippen molar-refractivity contribution >= 4 is 90.9 Å². The second-order valence-electron chi connectivity index (χ2n) is 9.34. The van der Waals surface area contributed by atoms with Gasteiger partial charge in [0.05, 0.1) is 16.1 Å². The van der Waals surface area contributed by atoms with E-state index < -0.39 is 0 Å². The molecule has 0 aliphatic rings. The topological polar surface area (TPSA) is 3.24 Å². The standard InChI is InChI=1S/C34H21NS2/c1-2-11-22(12-3-1)35(28-18-10-17-26-24-14-6-8-19-30(24)37-34(26)28)29-21-32-33(25-15-5-4-13-23(25)29)27-16-7-9-20-31(27)36-32/h1-21H. The Morgan fingerprint density at radius 2 is 1.03 bits per heavy atom. The number of fused-ring (bicyclic) bond motifs is 8. The fourth-order valence-corrected chi connectivity index (χ4v) is 8.01. The summed E-state index contributed by atoms with van der Waals surface area (Å²) in [4.78, 5) is 2.46. The van der Waals surface area contributed by atoms with Gasteiger partial charge in [-0.2, -0.15) is 0 Å². The van der Waals surface area contributed by atoms with Crippen molar-refractivity contribution in [3.05, 3.63) is 127 Å². The van der Waals surface area contributed by atoms with E-state index >= 15 is 0 Å². The lowest BCUT2D eigenvalue weighted by Gasteiger charge is -2.27. The Hall–Kier alpha value is -4.18. The molecule has 0 N–H and O–H groups in total. The van der Waals surface area contributed by atoms with Crippen molar-refractivity contribution in [3.63, 3.8) is 0 Å². The fraction of sp³-hybridized carbons (Fsp3) is 0. The molecule has 0 bridgehead atoms. The van der Waals surface area contributed by atoms with Gasteiger partial charge in [-0.1, -0.05) is 91.0 Å². The van der Waals surface area contributed by atoms with Crippen LogP contribution in [0.2, 0.25) is 0 Å². The summed E-state index contributed by atoms with van der Waals surface area (Å²) in [5, 5.41) is 7.89. The SMILES string of the molecule is c1ccc(N(c2cc3sc4ccccc4c3c3ccccc23)c2cccc3c2sc2ccccc23)cc1. The summed E-state index contributed by atoms with van der Waals surface area (Å²) in [6.07, 6.45) is 0. The molecule has 6 aromatic carbocycles. The molecule has 174 valence electrons. The number of hydrogen-bond acceptors (Lipinski definition) is 3. The molecule has 0 saturated heterocycles. The summed E-state index contributed by atoms with van der Waals surface area (Å²) in [7, 11) is 0. The summed E-state index contributed by atoms with van der Waals surface area (Å²) >= 11 is 3.76. The highest BCUT2D eigenvalue weighted by Gasteiger charge is 2.21. The number of benzene rings is 6. The van der Waals surface area contributed by atoms with Gasteiger partial charge < -0.3 is 4.90 Å². The number of anilines is 3. The first-order valence-corrected chi connectivity index (χ1v) is 14.1. The molecule has 0 aliphatic carbocycles. The van der Waals surface area contributed by atoms with Gasteiger partial charge in [0.2, 0.25) is 0 Å². The van der Waals surface area contributed by atoms with E-state index in [1.54, 1.807) is 0 Å². The molecule has 3 heteroatoms. The first-order valence-electron chi connectivity index (χ1n) is 12.5. The number of para-hydroxylation sites is 1. The Bertz CT molecular complexity index is 2100. The van der Waals surface area contributed by atoms with E-state index in [-0.39, 0.29) is 0 Å². The average Bonchev–Trinajstić information content (AvgIpc) is 3.53. The molecule has 0 atom stereocenters. The molecule has 0 amide bonds. The van der Waals surface area contributed by atoms with Crippen LogP contribution in [0.5, 0.6) is 0 Å². The Balaban J connectivity index is 1.51. The molecule has 8 aromatic rings. The van der Waals surface area contributed by atoms with Crippen molar-refractivity contribution in [2.75, 3.05) is 4.90 Å². The first kappa shape index (κ1) is 21.0. The number of hydrogen-bond donors (Lipinski definition) is 0. The third-order valence-electron chi connectivity index (χ3n) is 7.24. The van der Waals surface area contributed by atoms with E-state index in [1.807, 2.05) is 22.7 Å². The summed E-state index contributed by atoms with van der Waals surface area (Å²) in [5.41, 5.74) is 3.60. The van der Waals surface area contributed by atoms with Gasteiger partial charge in [-0.15, -0.1) is 22.7 Å². The molecule has 2 aromatic heterocycles. The highest BCUT2D eigenvalue weighted by Crippen LogP contribution is 2.49. The molecular formula is C34H21NS2. The minimum absolute atomic E-state index is 1.16. The Labute approximate surface area is 222 Å². The molecule has 37 heavy (non-hydrogen) atoms. The molecule has 0 unspecified atom stereocenters. The number of nitrogens with zero attached hydrogens (tertiary/aromatic N) is 1. The van der Waals surface area contributed by atoms with Gasteiger partial charge in [0.15, 0.2) is 0 Å². The zero-order chi connectivity index (χ0) is 24.3. The number of thiophene rings is 2. The second-order valence-corrected chi connectivity index (χ2v) is 11.5. The molecule has 0 aliphatic heterocycles. The van der Waals surface area contributed by atoms with Crippen molar-refractivity contribution < 1.29 is 0 Å². The van der Waals surface area contributed by atoms with E-state index in [0.29, 0.717) is 0 Å². The van der Waals surface area contributed by atoms with Crippen molar-refractivity contribution in [2.24, 2.45) is 0 Å². The van der Waals surface area contributed by atoms with Crippen LogP contribution in [0.25, 0.3) is 51.1 Å². The highest BCUT2D eigenvalue weighted by atomic mass is 32.1. The van der Waals surface area contributed by atoms with Crippen LogP contribution in [-0.4, -0.2) is 0 Å². The maximum absolute atomic E-state index is 2.46. The maximum Gasteiger partial charge on any atom is 0.0640 e. The third-order valence-corrected chi connectivity index (χ3v) is 9.57. The highest BCUT2D eigenvalue weighted by molar-refractivity contribution is 7.26. The summed E-state index contributed by atoms with van der Waals surface area (Å²) in [5.74, 6) is 0. The molecular weight excluding hydrogens is 487 g/mol. The quantitative estimate of drug-likeness (QED) is 0.230. The van der Waals surface area contributed by atoms with E-state index in [9.17, 15) is 0 Å². The predicted molar refractivity (Wildman–Crippen MR) is 164 cm³/mol. The summed E-state index contributed by atoms with van der Waals surface area (Å²) in [6, 6.07) is 46.3. The third kappa shape index (κ3) is 3.15. The van der Waals surface area contributed by atoms with Crippen LogP contribution in [0.1, 0.15) is 0 Å². The van der Waals surface area contributed by atoms with Gasteiger partial charge in [-0.05, 0) is 41.8 Å². The van der Waals surface area contributed by atoms with Gasteiger partial charge in [-0.3, -0.25) is 0 Å². The Morgan fingerprint density at radius 1 is 0.405 bits per heavy atom. The molecule has 8 rings (SSSR count). The molecule has 0 fully saturated rings. The molecule has 1 nitrogen and oxygen atoms in total. The van der Waals surface area contributed by atoms with Crippen LogP contribution < -0.4 is 4.90 Å². The maximum atomic E-state index is 2.46. The van der Waals surface area contributed by atoms with Crippen LogP contribution in [0.4, 0.5) is 17.1 Å². The smallest absolute Gasteiger partial charge is 0.0640 e. The second kappa shape index (κ2) is 8.17. The zero-order valence-electron chi connectivity index (χ0n) is 19.9. The van der Waals surface area contributed by atoms with E-state index in [4.69, 9.17) is 0 Å². The average molecular weight is 508 g/mol. The molecule has 0 radical (unpaired) electrons. The van der Waals surface area contributed by atoms with Crippen molar-refractivity contribution in [3.8, 4) is 0 Å². The molecule has 2 heterocycles. The van der Waals surface area contributed by atoms with Crippen molar-refractivity contribution in [1.29, 1.82) is 0 Å². The van der Waals surface area contributed by atoms with Gasteiger partial charge in [0, 0.05) is 46.7 Å². The Kier molecular flexibility index (Phi) is 4.63. The lowest BCUT2D eigenvalue weighted by Crippen LogP contribution is -2.10. The normalized spacial score (nSPS) is 11.8. The molecule has 0 spiro atoms. The number of rotatable bonds is 3. The lowest BCUT2D eigenvalue weighted by atomic mass is 10.0. The first-order chi connectivity index (χ1) is 18.4.